The van der Waals surface area contributed by atoms with Gasteiger partial charge in [-0.2, -0.15) is 0 Å². The van der Waals surface area contributed by atoms with Gasteiger partial charge in [-0.05, 0) is 17.7 Å². The number of rotatable bonds is 5. The number of hydrogen-bond donors (Lipinski definition) is 1. The summed E-state index contributed by atoms with van der Waals surface area (Å²) in [6.45, 7) is 0. The fraction of sp³-hybridized carbons (Fsp3) is 0.105. The molecule has 3 aromatic rings. The van der Waals surface area contributed by atoms with E-state index in [2.05, 4.69) is 0 Å². The van der Waals surface area contributed by atoms with Crippen LogP contribution in [0.4, 0.5) is 5.69 Å². The molecule has 0 spiro atoms. The molecule has 0 atom stereocenters. The van der Waals surface area contributed by atoms with Gasteiger partial charge in [0.1, 0.15) is 10.6 Å². The summed E-state index contributed by atoms with van der Waals surface area (Å²) in [6.07, 6.45) is 1.39. The molecule has 0 aliphatic heterocycles. The molecule has 7 heteroatoms. The van der Waals surface area contributed by atoms with Crippen LogP contribution in [-0.2, 0) is 17.1 Å². The minimum atomic E-state index is -3.85. The number of aryl methyl sites for hydroxylation is 1. The molecule has 0 radical (unpaired) electrons. The van der Waals surface area contributed by atoms with Crippen molar-refractivity contribution < 1.29 is 13.2 Å². The summed E-state index contributed by atoms with van der Waals surface area (Å²) in [5, 5.41) is 0. The molecule has 26 heavy (non-hydrogen) atoms. The number of hydrogen-bond acceptors (Lipinski definition) is 3. The zero-order valence-corrected chi connectivity index (χ0v) is 15.3. The fourth-order valence-corrected chi connectivity index (χ4v) is 4.10. The van der Waals surface area contributed by atoms with Crippen molar-refractivity contribution in [3.8, 4) is 11.1 Å². The summed E-state index contributed by atoms with van der Waals surface area (Å²) in [4.78, 5) is 11.4. The zero-order chi connectivity index (χ0) is 18.9. The molecule has 134 valence electrons. The van der Waals surface area contributed by atoms with E-state index in [1.807, 2.05) is 42.5 Å². The van der Waals surface area contributed by atoms with Gasteiger partial charge in [-0.3, -0.25) is 9.10 Å². The molecule has 0 aliphatic carbocycles. The summed E-state index contributed by atoms with van der Waals surface area (Å²) in [5.74, 6) is -0.679. The number of anilines is 1. The largest absolute Gasteiger partial charge is 0.364 e. The molecular formula is C19H19N3O3S. The summed E-state index contributed by atoms with van der Waals surface area (Å²) in [5.41, 5.74) is 7.68. The Kier molecular flexibility index (Phi) is 4.56. The molecule has 0 fully saturated rings. The Morgan fingerprint density at radius 1 is 1.04 bits per heavy atom. The van der Waals surface area contributed by atoms with Crippen molar-refractivity contribution in [3.63, 3.8) is 0 Å². The number of amides is 1. The first kappa shape index (κ1) is 17.8. The van der Waals surface area contributed by atoms with Crippen molar-refractivity contribution in [2.45, 2.75) is 4.90 Å². The lowest BCUT2D eigenvalue weighted by Gasteiger charge is -2.22. The van der Waals surface area contributed by atoms with Crippen LogP contribution >= 0.6 is 0 Å². The van der Waals surface area contributed by atoms with Crippen LogP contribution in [0.2, 0.25) is 0 Å². The van der Waals surface area contributed by atoms with Crippen LogP contribution in [0.5, 0.6) is 0 Å². The Morgan fingerprint density at radius 3 is 2.27 bits per heavy atom. The molecule has 0 bridgehead atoms. The zero-order valence-electron chi connectivity index (χ0n) is 14.5. The van der Waals surface area contributed by atoms with Gasteiger partial charge < -0.3 is 10.3 Å². The number of carbonyl (C=O) groups excluding carboxylic acids is 1. The monoisotopic (exact) mass is 369 g/mol. The molecule has 2 N–H and O–H groups in total. The first-order valence-electron chi connectivity index (χ1n) is 7.92. The van der Waals surface area contributed by atoms with Crippen LogP contribution in [0, 0.1) is 0 Å². The number of nitrogens with zero attached hydrogens (tertiary/aromatic N) is 2. The molecule has 1 amide bonds. The molecule has 2 aromatic carbocycles. The smallest absolute Gasteiger partial charge is 0.265 e. The molecule has 0 aliphatic rings. The van der Waals surface area contributed by atoms with Crippen LogP contribution in [0.1, 0.15) is 10.5 Å². The topological polar surface area (TPSA) is 85.4 Å². The van der Waals surface area contributed by atoms with Crippen LogP contribution in [0.15, 0.2) is 71.8 Å². The number of aromatic nitrogens is 1. The van der Waals surface area contributed by atoms with E-state index in [9.17, 15) is 13.2 Å². The van der Waals surface area contributed by atoms with E-state index in [1.165, 1.54) is 28.2 Å². The quantitative estimate of drug-likeness (QED) is 0.750. The predicted molar refractivity (Wildman–Crippen MR) is 101 cm³/mol. The maximum Gasteiger partial charge on any atom is 0.265 e. The highest BCUT2D eigenvalue weighted by atomic mass is 32.2. The molecule has 1 aromatic heterocycles. The van der Waals surface area contributed by atoms with Crippen molar-refractivity contribution in [3.05, 3.63) is 72.6 Å². The lowest BCUT2D eigenvalue weighted by molar-refractivity contribution is 0.0992. The van der Waals surface area contributed by atoms with Crippen LogP contribution in [0.3, 0.4) is 0 Å². The lowest BCUT2D eigenvalue weighted by Crippen LogP contribution is -2.26. The molecule has 0 saturated heterocycles. The Bertz CT molecular complexity index is 1060. The number of sulfonamides is 1. The van der Waals surface area contributed by atoms with Crippen molar-refractivity contribution in [1.29, 1.82) is 0 Å². The average molecular weight is 369 g/mol. The molecule has 3 rings (SSSR count). The highest BCUT2D eigenvalue weighted by Gasteiger charge is 2.26. The molecule has 1 heterocycles. The first-order valence-corrected chi connectivity index (χ1v) is 9.36. The fourth-order valence-electron chi connectivity index (χ4n) is 2.82. The number of para-hydroxylation sites is 1. The molecule has 0 saturated carbocycles. The SMILES string of the molecule is CN(c1ccccc1-c1ccccc1)S(=O)(=O)c1cc(C(N)=O)n(C)c1. The van der Waals surface area contributed by atoms with Gasteiger partial charge in [-0.1, -0.05) is 48.5 Å². The second-order valence-corrected chi connectivity index (χ2v) is 7.86. The summed E-state index contributed by atoms with van der Waals surface area (Å²) < 4.78 is 28.8. The molecule has 6 nitrogen and oxygen atoms in total. The minimum Gasteiger partial charge on any atom is -0.364 e. The third-order valence-corrected chi connectivity index (χ3v) is 5.96. The predicted octanol–water partition coefficient (Wildman–Crippen LogP) is 2.62. The van der Waals surface area contributed by atoms with Crippen molar-refractivity contribution in [1.82, 2.24) is 4.57 Å². The van der Waals surface area contributed by atoms with Crippen LogP contribution in [-0.4, -0.2) is 25.9 Å². The van der Waals surface area contributed by atoms with E-state index in [0.717, 1.165) is 11.1 Å². The average Bonchev–Trinajstić information content (AvgIpc) is 3.04. The standard InChI is InChI=1S/C19H19N3O3S/c1-21-13-15(12-18(21)19(20)23)26(24,25)22(2)17-11-7-6-10-16(17)14-8-4-3-5-9-14/h3-13H,1-2H3,(H2,20,23). The third-order valence-electron chi connectivity index (χ3n) is 4.22. The van der Waals surface area contributed by atoms with Crippen molar-refractivity contribution in [2.75, 3.05) is 11.4 Å². The van der Waals surface area contributed by atoms with Gasteiger partial charge in [-0.25, -0.2) is 8.42 Å². The van der Waals surface area contributed by atoms with E-state index in [1.54, 1.807) is 19.2 Å². The highest BCUT2D eigenvalue weighted by molar-refractivity contribution is 7.92. The Morgan fingerprint density at radius 2 is 1.65 bits per heavy atom. The van der Waals surface area contributed by atoms with Crippen molar-refractivity contribution in [2.24, 2.45) is 12.8 Å². The van der Waals surface area contributed by atoms with Gasteiger partial charge >= 0.3 is 0 Å². The van der Waals surface area contributed by atoms with Gasteiger partial charge in [0.2, 0.25) is 0 Å². The van der Waals surface area contributed by atoms with Gasteiger partial charge in [0, 0.05) is 25.9 Å². The third kappa shape index (κ3) is 3.09. The Balaban J connectivity index is 2.09. The number of benzene rings is 2. The number of nitrogens with two attached hydrogens (primary N) is 1. The van der Waals surface area contributed by atoms with E-state index in [4.69, 9.17) is 5.73 Å². The van der Waals surface area contributed by atoms with E-state index < -0.39 is 15.9 Å². The van der Waals surface area contributed by atoms with Crippen molar-refractivity contribution >= 4 is 21.6 Å². The van der Waals surface area contributed by atoms with Crippen LogP contribution in [0.25, 0.3) is 11.1 Å². The maximum atomic E-state index is 13.1. The van der Waals surface area contributed by atoms with Gasteiger partial charge in [-0.15, -0.1) is 0 Å². The Labute approximate surface area is 152 Å². The normalized spacial score (nSPS) is 11.3. The second kappa shape index (κ2) is 6.68. The minimum absolute atomic E-state index is 0.0131. The second-order valence-electron chi connectivity index (χ2n) is 5.89. The Hall–Kier alpha value is -3.06. The maximum absolute atomic E-state index is 13.1. The number of carbonyl (C=O) groups is 1. The molecule has 0 unspecified atom stereocenters. The molecular weight excluding hydrogens is 350 g/mol. The number of primary amides is 1. The van der Waals surface area contributed by atoms with E-state index in [-0.39, 0.29) is 10.6 Å². The van der Waals surface area contributed by atoms with E-state index >= 15 is 0 Å². The highest BCUT2D eigenvalue weighted by Crippen LogP contribution is 2.33. The van der Waals surface area contributed by atoms with E-state index in [0.29, 0.717) is 5.69 Å². The van der Waals surface area contributed by atoms with Crippen LogP contribution < -0.4 is 10.0 Å². The lowest BCUT2D eigenvalue weighted by atomic mass is 10.0. The van der Waals surface area contributed by atoms with Gasteiger partial charge in [0.15, 0.2) is 0 Å². The first-order chi connectivity index (χ1) is 12.3. The summed E-state index contributed by atoms with van der Waals surface area (Å²) in [7, 11) is -0.779. The summed E-state index contributed by atoms with van der Waals surface area (Å²) in [6, 6.07) is 18.1. The van der Waals surface area contributed by atoms with Gasteiger partial charge in [0.25, 0.3) is 15.9 Å². The van der Waals surface area contributed by atoms with Gasteiger partial charge in [0.05, 0.1) is 5.69 Å². The summed E-state index contributed by atoms with van der Waals surface area (Å²) >= 11 is 0.